The Morgan fingerprint density at radius 2 is 1.95 bits per heavy atom. The van der Waals surface area contributed by atoms with E-state index < -0.39 is 5.82 Å². The zero-order valence-corrected chi connectivity index (χ0v) is 12.2. The zero-order chi connectivity index (χ0) is 14.7. The highest BCUT2D eigenvalue weighted by Gasteiger charge is 2.11. The SMILES string of the molecule is Cc1ccc(F)c(Oc2ccc(Cl)cc2CC(C)N)c1. The Balaban J connectivity index is 2.35. The molecule has 1 atom stereocenters. The lowest BCUT2D eigenvalue weighted by molar-refractivity contribution is 0.436. The van der Waals surface area contributed by atoms with Crippen molar-refractivity contribution >= 4 is 11.6 Å². The van der Waals surface area contributed by atoms with Crippen molar-refractivity contribution < 1.29 is 9.13 Å². The quantitative estimate of drug-likeness (QED) is 0.902. The predicted molar refractivity (Wildman–Crippen MR) is 80.0 cm³/mol. The van der Waals surface area contributed by atoms with Crippen molar-refractivity contribution in [2.45, 2.75) is 26.3 Å². The molecule has 0 fully saturated rings. The van der Waals surface area contributed by atoms with E-state index in [9.17, 15) is 4.39 Å². The molecule has 0 aromatic heterocycles. The first-order valence-electron chi connectivity index (χ1n) is 6.43. The number of halogens is 2. The summed E-state index contributed by atoms with van der Waals surface area (Å²) in [5.41, 5.74) is 7.62. The summed E-state index contributed by atoms with van der Waals surface area (Å²) in [6.07, 6.45) is 0.614. The number of rotatable bonds is 4. The van der Waals surface area contributed by atoms with Gasteiger partial charge in [-0.3, -0.25) is 0 Å². The molecular formula is C16H17ClFNO. The molecular weight excluding hydrogens is 277 g/mol. The van der Waals surface area contributed by atoms with Gasteiger partial charge in [-0.15, -0.1) is 0 Å². The molecule has 0 saturated heterocycles. The molecule has 0 aliphatic carbocycles. The first-order valence-corrected chi connectivity index (χ1v) is 6.81. The van der Waals surface area contributed by atoms with Crippen LogP contribution in [0.1, 0.15) is 18.1 Å². The van der Waals surface area contributed by atoms with E-state index in [-0.39, 0.29) is 11.8 Å². The van der Waals surface area contributed by atoms with E-state index in [1.807, 2.05) is 13.8 Å². The van der Waals surface area contributed by atoms with Crippen LogP contribution < -0.4 is 10.5 Å². The van der Waals surface area contributed by atoms with Crippen LogP contribution in [0.4, 0.5) is 4.39 Å². The Labute approximate surface area is 123 Å². The van der Waals surface area contributed by atoms with E-state index in [0.717, 1.165) is 11.1 Å². The van der Waals surface area contributed by atoms with Gasteiger partial charge in [0.05, 0.1) is 0 Å². The van der Waals surface area contributed by atoms with Crippen LogP contribution in [0.5, 0.6) is 11.5 Å². The summed E-state index contributed by atoms with van der Waals surface area (Å²) < 4.78 is 19.4. The Bertz CT molecular complexity index is 613. The highest BCUT2D eigenvalue weighted by atomic mass is 35.5. The molecule has 0 heterocycles. The van der Waals surface area contributed by atoms with Gasteiger partial charge in [-0.1, -0.05) is 17.7 Å². The molecule has 0 spiro atoms. The molecule has 2 N–H and O–H groups in total. The molecule has 0 amide bonds. The summed E-state index contributed by atoms with van der Waals surface area (Å²) in [6.45, 7) is 3.79. The van der Waals surface area contributed by atoms with Gasteiger partial charge in [-0.05, 0) is 61.7 Å². The van der Waals surface area contributed by atoms with E-state index in [1.165, 1.54) is 6.07 Å². The smallest absolute Gasteiger partial charge is 0.165 e. The fraction of sp³-hybridized carbons (Fsp3) is 0.250. The highest BCUT2D eigenvalue weighted by molar-refractivity contribution is 6.30. The highest BCUT2D eigenvalue weighted by Crippen LogP contribution is 2.30. The van der Waals surface area contributed by atoms with E-state index in [1.54, 1.807) is 30.3 Å². The first-order chi connectivity index (χ1) is 9.45. The second kappa shape index (κ2) is 6.25. The number of benzene rings is 2. The summed E-state index contributed by atoms with van der Waals surface area (Å²) in [7, 11) is 0. The van der Waals surface area contributed by atoms with Crippen LogP contribution in [-0.2, 0) is 6.42 Å². The lowest BCUT2D eigenvalue weighted by atomic mass is 10.1. The van der Waals surface area contributed by atoms with Crippen molar-refractivity contribution in [1.29, 1.82) is 0 Å². The van der Waals surface area contributed by atoms with Gasteiger partial charge in [0, 0.05) is 11.1 Å². The third kappa shape index (κ3) is 3.71. The topological polar surface area (TPSA) is 35.2 Å². The zero-order valence-electron chi connectivity index (χ0n) is 11.5. The summed E-state index contributed by atoms with van der Waals surface area (Å²) in [6, 6.07) is 9.99. The first kappa shape index (κ1) is 14.8. The van der Waals surface area contributed by atoms with Gasteiger partial charge in [0.1, 0.15) is 5.75 Å². The fourth-order valence-corrected chi connectivity index (χ4v) is 2.16. The minimum atomic E-state index is -0.391. The van der Waals surface area contributed by atoms with Crippen molar-refractivity contribution in [3.63, 3.8) is 0 Å². The molecule has 2 rings (SSSR count). The molecule has 1 unspecified atom stereocenters. The molecule has 0 aliphatic heterocycles. The third-order valence-corrected chi connectivity index (χ3v) is 3.11. The van der Waals surface area contributed by atoms with Gasteiger partial charge in [0.15, 0.2) is 11.6 Å². The van der Waals surface area contributed by atoms with Gasteiger partial charge in [-0.2, -0.15) is 0 Å². The van der Waals surface area contributed by atoms with E-state index in [0.29, 0.717) is 17.2 Å². The van der Waals surface area contributed by atoms with Crippen LogP contribution in [0, 0.1) is 12.7 Å². The van der Waals surface area contributed by atoms with Crippen molar-refractivity contribution in [2.75, 3.05) is 0 Å². The van der Waals surface area contributed by atoms with Crippen LogP contribution in [-0.4, -0.2) is 6.04 Å². The fourth-order valence-electron chi connectivity index (χ4n) is 1.96. The van der Waals surface area contributed by atoms with Crippen LogP contribution in [0.2, 0.25) is 5.02 Å². The lowest BCUT2D eigenvalue weighted by Gasteiger charge is -2.14. The average molecular weight is 294 g/mol. The standard InChI is InChI=1S/C16H17ClFNO/c1-10-3-5-14(18)16(7-10)20-15-6-4-13(17)9-12(15)8-11(2)19/h3-7,9,11H,8,19H2,1-2H3. The molecule has 20 heavy (non-hydrogen) atoms. The van der Waals surface area contributed by atoms with Crippen molar-refractivity contribution in [3.05, 3.63) is 58.4 Å². The predicted octanol–water partition coefficient (Wildman–Crippen LogP) is 4.47. The number of aryl methyl sites for hydroxylation is 1. The normalized spacial score (nSPS) is 12.2. The number of hydrogen-bond acceptors (Lipinski definition) is 2. The van der Waals surface area contributed by atoms with Crippen LogP contribution in [0.3, 0.4) is 0 Å². The lowest BCUT2D eigenvalue weighted by Crippen LogP contribution is -2.18. The molecule has 4 heteroatoms. The van der Waals surface area contributed by atoms with Gasteiger partial charge < -0.3 is 10.5 Å². The summed E-state index contributed by atoms with van der Waals surface area (Å²) in [5, 5.41) is 0.609. The third-order valence-electron chi connectivity index (χ3n) is 2.87. The molecule has 0 radical (unpaired) electrons. The Morgan fingerprint density at radius 1 is 1.20 bits per heavy atom. The van der Waals surface area contributed by atoms with Gasteiger partial charge in [-0.25, -0.2) is 4.39 Å². The van der Waals surface area contributed by atoms with E-state index in [4.69, 9.17) is 22.1 Å². The monoisotopic (exact) mass is 293 g/mol. The second-order valence-corrected chi connectivity index (χ2v) is 5.41. The molecule has 2 aromatic rings. The van der Waals surface area contributed by atoms with Crippen LogP contribution in [0.15, 0.2) is 36.4 Å². The maximum Gasteiger partial charge on any atom is 0.165 e. The molecule has 2 aromatic carbocycles. The van der Waals surface area contributed by atoms with Gasteiger partial charge >= 0.3 is 0 Å². The maximum absolute atomic E-state index is 13.8. The summed E-state index contributed by atoms with van der Waals surface area (Å²) in [5.74, 6) is 0.395. The minimum Gasteiger partial charge on any atom is -0.454 e. The number of nitrogens with two attached hydrogens (primary N) is 1. The van der Waals surface area contributed by atoms with E-state index in [2.05, 4.69) is 0 Å². The largest absolute Gasteiger partial charge is 0.454 e. The number of ether oxygens (including phenoxy) is 1. The van der Waals surface area contributed by atoms with Crippen LogP contribution >= 0.6 is 11.6 Å². The molecule has 2 nitrogen and oxygen atoms in total. The molecule has 0 bridgehead atoms. The Morgan fingerprint density at radius 3 is 2.65 bits per heavy atom. The minimum absolute atomic E-state index is 0.0295. The maximum atomic E-state index is 13.8. The van der Waals surface area contributed by atoms with Crippen molar-refractivity contribution in [2.24, 2.45) is 5.73 Å². The van der Waals surface area contributed by atoms with Crippen LogP contribution in [0.25, 0.3) is 0 Å². The molecule has 0 aliphatic rings. The van der Waals surface area contributed by atoms with E-state index >= 15 is 0 Å². The van der Waals surface area contributed by atoms with Crippen molar-refractivity contribution in [1.82, 2.24) is 0 Å². The Kier molecular flexibility index (Phi) is 4.63. The van der Waals surface area contributed by atoms with Gasteiger partial charge in [0.25, 0.3) is 0 Å². The average Bonchev–Trinajstić information content (AvgIpc) is 2.36. The summed E-state index contributed by atoms with van der Waals surface area (Å²) in [4.78, 5) is 0. The molecule has 0 saturated carbocycles. The van der Waals surface area contributed by atoms with Gasteiger partial charge in [0.2, 0.25) is 0 Å². The second-order valence-electron chi connectivity index (χ2n) is 4.97. The molecule has 106 valence electrons. The van der Waals surface area contributed by atoms with Crippen molar-refractivity contribution in [3.8, 4) is 11.5 Å². The number of hydrogen-bond donors (Lipinski definition) is 1. The Hall–Kier alpha value is -1.58. The summed E-state index contributed by atoms with van der Waals surface area (Å²) >= 11 is 5.99.